The Balaban J connectivity index is 1.35. The van der Waals surface area contributed by atoms with Crippen molar-refractivity contribution in [3.05, 3.63) is 35.2 Å². The Kier molecular flexibility index (Phi) is 6.40. The number of nitrogens with zero attached hydrogens (tertiary/aromatic N) is 3. The van der Waals surface area contributed by atoms with Crippen molar-refractivity contribution in [2.45, 2.75) is 25.7 Å². The van der Waals surface area contributed by atoms with Crippen LogP contribution in [0.1, 0.15) is 36.2 Å². The molecule has 0 unspecified atom stereocenters. The van der Waals surface area contributed by atoms with Crippen LogP contribution < -0.4 is 16.0 Å². The first-order chi connectivity index (χ1) is 14.8. The highest BCUT2D eigenvalue weighted by Crippen LogP contribution is 2.34. The molecule has 1 saturated carbocycles. The summed E-state index contributed by atoms with van der Waals surface area (Å²) in [7, 11) is -3.21. The van der Waals surface area contributed by atoms with Crippen molar-refractivity contribution in [2.24, 2.45) is 5.92 Å². The van der Waals surface area contributed by atoms with Crippen molar-refractivity contribution in [3.63, 3.8) is 0 Å². The van der Waals surface area contributed by atoms with Gasteiger partial charge in [0.1, 0.15) is 6.26 Å². The number of amides is 1. The highest BCUT2D eigenvalue weighted by molar-refractivity contribution is 7.89. The molecule has 1 aliphatic heterocycles. The molecule has 3 N–H and O–H groups in total. The molecule has 1 amide bonds. The van der Waals surface area contributed by atoms with Crippen molar-refractivity contribution in [2.75, 3.05) is 47.9 Å². The van der Waals surface area contributed by atoms with Crippen LogP contribution in [0.4, 0.5) is 17.4 Å². The number of nitrogens with one attached hydrogen (secondary N) is 1. The van der Waals surface area contributed by atoms with Crippen LogP contribution in [0.5, 0.6) is 0 Å². The van der Waals surface area contributed by atoms with E-state index >= 15 is 0 Å². The summed E-state index contributed by atoms with van der Waals surface area (Å²) in [6, 6.07) is 5.23. The molecule has 2 fully saturated rings. The molecule has 168 valence electrons. The van der Waals surface area contributed by atoms with E-state index in [0.717, 1.165) is 24.4 Å². The lowest BCUT2D eigenvalue weighted by Crippen LogP contribution is -2.49. The van der Waals surface area contributed by atoms with Crippen LogP contribution in [0.15, 0.2) is 28.9 Å². The number of halogens is 1. The molecule has 1 aromatic heterocycles. The maximum Gasteiger partial charge on any atom is 0.292 e. The third-order valence-electron chi connectivity index (χ3n) is 5.66. The van der Waals surface area contributed by atoms with Crippen LogP contribution >= 0.6 is 11.6 Å². The van der Waals surface area contributed by atoms with Crippen molar-refractivity contribution < 1.29 is 17.6 Å². The summed E-state index contributed by atoms with van der Waals surface area (Å²) in [5.74, 6) is 0.489. The van der Waals surface area contributed by atoms with Gasteiger partial charge in [-0.25, -0.2) is 8.42 Å². The molecule has 31 heavy (non-hydrogen) atoms. The standard InChI is InChI=1S/C20H26ClN5O4S/c21-16-6-5-15(12-17(16)23-19(27)18-13-30-20(22)24-18)25-7-9-26(10-8-25)31(28,29)11-1-2-14-3-4-14/h5-6,12-14H,1-4,7-11H2,(H2,22,24)(H,23,27). The van der Waals surface area contributed by atoms with Gasteiger partial charge in [-0.3, -0.25) is 4.79 Å². The monoisotopic (exact) mass is 467 g/mol. The van der Waals surface area contributed by atoms with Gasteiger partial charge in [0.25, 0.3) is 11.9 Å². The Bertz CT molecular complexity index is 1050. The van der Waals surface area contributed by atoms with E-state index in [4.69, 9.17) is 21.8 Å². The number of oxazole rings is 1. The zero-order valence-electron chi connectivity index (χ0n) is 17.1. The quantitative estimate of drug-likeness (QED) is 0.612. The number of nitrogens with two attached hydrogens (primary N) is 1. The summed E-state index contributed by atoms with van der Waals surface area (Å²) in [5, 5.41) is 3.09. The smallest absolute Gasteiger partial charge is 0.292 e. The average Bonchev–Trinajstić information content (AvgIpc) is 3.47. The summed E-state index contributed by atoms with van der Waals surface area (Å²) in [4.78, 5) is 18.2. The molecule has 9 nitrogen and oxygen atoms in total. The third-order valence-corrected chi connectivity index (χ3v) is 7.95. The summed E-state index contributed by atoms with van der Waals surface area (Å²) >= 11 is 6.24. The van der Waals surface area contributed by atoms with E-state index in [1.54, 1.807) is 16.4 Å². The van der Waals surface area contributed by atoms with Gasteiger partial charge in [0.05, 0.1) is 16.5 Å². The third kappa shape index (κ3) is 5.50. The van der Waals surface area contributed by atoms with Crippen molar-refractivity contribution >= 4 is 44.9 Å². The molecular weight excluding hydrogens is 442 g/mol. The Morgan fingerprint density at radius 2 is 2.00 bits per heavy atom. The molecule has 11 heteroatoms. The molecule has 1 saturated heterocycles. The van der Waals surface area contributed by atoms with E-state index in [1.165, 1.54) is 19.1 Å². The largest absolute Gasteiger partial charge is 0.431 e. The Hall–Kier alpha value is -2.30. The second-order valence-corrected chi connectivity index (χ2v) is 10.5. The van der Waals surface area contributed by atoms with Gasteiger partial charge in [-0.1, -0.05) is 24.4 Å². The molecule has 0 bridgehead atoms. The number of hydrogen-bond acceptors (Lipinski definition) is 7. The fraction of sp³-hybridized carbons (Fsp3) is 0.500. The van der Waals surface area contributed by atoms with Crippen LogP contribution in [-0.4, -0.2) is 55.5 Å². The van der Waals surface area contributed by atoms with Crippen LogP contribution in [-0.2, 0) is 10.0 Å². The normalized spacial score (nSPS) is 17.6. The highest BCUT2D eigenvalue weighted by Gasteiger charge is 2.28. The lowest BCUT2D eigenvalue weighted by Gasteiger charge is -2.35. The maximum absolute atomic E-state index is 12.6. The van der Waals surface area contributed by atoms with Gasteiger partial charge in [0, 0.05) is 31.9 Å². The predicted molar refractivity (Wildman–Crippen MR) is 120 cm³/mol. The molecular formula is C20H26ClN5O4S. The van der Waals surface area contributed by atoms with Crippen molar-refractivity contribution in [1.82, 2.24) is 9.29 Å². The fourth-order valence-corrected chi connectivity index (χ4v) is 5.37. The van der Waals surface area contributed by atoms with Gasteiger partial charge in [-0.2, -0.15) is 9.29 Å². The van der Waals surface area contributed by atoms with Crippen LogP contribution in [0.3, 0.4) is 0 Å². The summed E-state index contributed by atoms with van der Waals surface area (Å²) in [6.07, 6.45) is 5.42. The zero-order chi connectivity index (χ0) is 22.0. The SMILES string of the molecule is Nc1nc(C(=O)Nc2cc(N3CCN(S(=O)(=O)CCCC4CC4)CC3)ccc2Cl)co1. The maximum atomic E-state index is 12.6. The van der Waals surface area contributed by atoms with Gasteiger partial charge in [-0.05, 0) is 37.0 Å². The molecule has 1 aromatic carbocycles. The molecule has 2 aromatic rings. The number of sulfonamides is 1. The fourth-order valence-electron chi connectivity index (χ4n) is 3.70. The van der Waals surface area contributed by atoms with Crippen LogP contribution in [0, 0.1) is 5.92 Å². The van der Waals surface area contributed by atoms with E-state index in [2.05, 4.69) is 15.2 Å². The molecule has 0 atom stereocenters. The summed E-state index contributed by atoms with van der Waals surface area (Å²) in [6.45, 7) is 2.01. The zero-order valence-corrected chi connectivity index (χ0v) is 18.7. The van der Waals surface area contributed by atoms with Gasteiger partial charge in [0.2, 0.25) is 10.0 Å². The average molecular weight is 468 g/mol. The number of hydrogen-bond donors (Lipinski definition) is 2. The van der Waals surface area contributed by atoms with E-state index in [-0.39, 0.29) is 17.5 Å². The number of rotatable bonds is 8. The first kappa shape index (κ1) is 21.9. The summed E-state index contributed by atoms with van der Waals surface area (Å²) in [5.41, 5.74) is 6.75. The van der Waals surface area contributed by atoms with Gasteiger partial charge in [-0.15, -0.1) is 0 Å². The molecule has 4 rings (SSSR count). The van der Waals surface area contributed by atoms with E-state index < -0.39 is 15.9 Å². The Morgan fingerprint density at radius 3 is 2.65 bits per heavy atom. The first-order valence-electron chi connectivity index (χ1n) is 10.4. The number of aromatic nitrogens is 1. The van der Waals surface area contributed by atoms with E-state index in [9.17, 15) is 13.2 Å². The number of piperazine rings is 1. The predicted octanol–water partition coefficient (Wildman–Crippen LogP) is 2.80. The number of benzene rings is 1. The van der Waals surface area contributed by atoms with Gasteiger partial charge >= 0.3 is 0 Å². The number of carbonyl (C=O) groups is 1. The molecule has 0 radical (unpaired) electrons. The first-order valence-corrected chi connectivity index (χ1v) is 12.4. The van der Waals surface area contributed by atoms with Crippen molar-refractivity contribution in [3.8, 4) is 0 Å². The van der Waals surface area contributed by atoms with Crippen molar-refractivity contribution in [1.29, 1.82) is 0 Å². The van der Waals surface area contributed by atoms with Gasteiger partial charge in [0.15, 0.2) is 5.69 Å². The number of carbonyl (C=O) groups excluding carboxylic acids is 1. The number of anilines is 3. The van der Waals surface area contributed by atoms with Crippen LogP contribution in [0.2, 0.25) is 5.02 Å². The minimum absolute atomic E-state index is 0.0551. The second kappa shape index (κ2) is 9.05. The Morgan fingerprint density at radius 1 is 1.26 bits per heavy atom. The molecule has 1 aliphatic carbocycles. The van der Waals surface area contributed by atoms with Crippen LogP contribution in [0.25, 0.3) is 0 Å². The molecule has 2 heterocycles. The van der Waals surface area contributed by atoms with E-state index in [1.807, 2.05) is 6.07 Å². The van der Waals surface area contributed by atoms with Gasteiger partial charge < -0.3 is 20.4 Å². The van der Waals surface area contributed by atoms with E-state index in [0.29, 0.717) is 36.9 Å². The lowest BCUT2D eigenvalue weighted by molar-refractivity contribution is 0.102. The Labute approximate surface area is 186 Å². The molecule has 0 spiro atoms. The lowest BCUT2D eigenvalue weighted by atomic mass is 10.2. The molecule has 2 aliphatic rings. The second-order valence-electron chi connectivity index (χ2n) is 7.98. The highest BCUT2D eigenvalue weighted by atomic mass is 35.5. The minimum atomic E-state index is -3.21. The topological polar surface area (TPSA) is 122 Å². The summed E-state index contributed by atoms with van der Waals surface area (Å²) < 4.78 is 31.7. The minimum Gasteiger partial charge on any atom is -0.431 e. The number of nitrogen functional groups attached to an aromatic ring is 1.